The van der Waals surface area contributed by atoms with Crippen molar-refractivity contribution in [2.45, 2.75) is 46.4 Å². The summed E-state index contributed by atoms with van der Waals surface area (Å²) < 4.78 is 6.58. The van der Waals surface area contributed by atoms with Crippen molar-refractivity contribution in [2.75, 3.05) is 6.16 Å². The number of fused-ring (bicyclic) bond motifs is 3. The highest BCUT2D eigenvalue weighted by atomic mass is 31.1. The van der Waals surface area contributed by atoms with Crippen LogP contribution in [-0.2, 0) is 0 Å². The molecule has 1 nitrogen and oxygen atoms in total. The molecule has 2 aliphatic rings. The molecule has 0 saturated heterocycles. The van der Waals surface area contributed by atoms with Crippen molar-refractivity contribution >= 4 is 13.2 Å². The van der Waals surface area contributed by atoms with E-state index < -0.39 is 0 Å². The zero-order chi connectivity index (χ0) is 13.8. The Hall–Kier alpha value is -0.810. The van der Waals surface area contributed by atoms with Gasteiger partial charge in [-0.25, -0.2) is 0 Å². The van der Waals surface area contributed by atoms with Crippen molar-refractivity contribution in [3.8, 4) is 5.75 Å². The fourth-order valence-electron chi connectivity index (χ4n) is 3.25. The van der Waals surface area contributed by atoms with Crippen LogP contribution in [0.3, 0.4) is 0 Å². The lowest BCUT2D eigenvalue weighted by Gasteiger charge is -2.48. The Labute approximate surface area is 117 Å². The molecule has 102 valence electrons. The summed E-state index contributed by atoms with van der Waals surface area (Å²) in [6.45, 7) is 11.6. The van der Waals surface area contributed by atoms with Crippen molar-refractivity contribution in [1.82, 2.24) is 0 Å². The first-order valence-electron chi connectivity index (χ1n) is 7.06. The highest BCUT2D eigenvalue weighted by molar-refractivity contribution is 7.68. The number of benzene rings is 1. The Balaban J connectivity index is 2.17. The quantitative estimate of drug-likeness (QED) is 0.493. The summed E-state index contributed by atoms with van der Waals surface area (Å²) in [5.41, 5.74) is 3.27. The predicted octanol–water partition coefficient (Wildman–Crippen LogP) is 4.67. The summed E-state index contributed by atoms with van der Waals surface area (Å²) in [6, 6.07) is 8.68. The van der Waals surface area contributed by atoms with Crippen LogP contribution in [0, 0.1) is 5.41 Å². The Morgan fingerprint density at radius 3 is 2.47 bits per heavy atom. The number of ether oxygens (including phenoxy) is 1. The van der Waals surface area contributed by atoms with Gasteiger partial charge in [-0.15, -0.1) is 0 Å². The van der Waals surface area contributed by atoms with Crippen molar-refractivity contribution in [2.24, 2.45) is 5.41 Å². The second kappa shape index (κ2) is 4.09. The Kier molecular flexibility index (Phi) is 2.84. The van der Waals surface area contributed by atoms with E-state index in [1.54, 1.807) is 5.57 Å². The van der Waals surface area contributed by atoms with Gasteiger partial charge < -0.3 is 4.74 Å². The standard InChI is InChI=1S/C17H23OP/c1-12-10-17(16(3,4)5)18-14-8-6-7-9-15(14)19(17)11-13(12)2/h6-9H,10-11H2,1-5H3/t17-,19?/m0/s1. The van der Waals surface area contributed by atoms with Gasteiger partial charge in [-0.1, -0.05) is 50.1 Å². The van der Waals surface area contributed by atoms with Crippen molar-refractivity contribution in [1.29, 1.82) is 0 Å². The minimum atomic E-state index is -0.254. The summed E-state index contributed by atoms with van der Waals surface area (Å²) in [5, 5.41) is 1.47. The fourth-order valence-corrected chi connectivity index (χ4v) is 6.91. The maximum absolute atomic E-state index is 6.58. The molecule has 0 aliphatic carbocycles. The molecule has 0 bridgehead atoms. The molecule has 0 N–H and O–H groups in total. The number of rotatable bonds is 0. The van der Waals surface area contributed by atoms with Gasteiger partial charge >= 0.3 is 0 Å². The first-order valence-corrected chi connectivity index (χ1v) is 8.59. The van der Waals surface area contributed by atoms with Crippen molar-refractivity contribution in [3.05, 3.63) is 35.4 Å². The van der Waals surface area contributed by atoms with Crippen LogP contribution >= 0.6 is 7.92 Å². The normalized spacial score (nSPS) is 29.8. The van der Waals surface area contributed by atoms with Gasteiger partial charge in [0.05, 0.1) is 0 Å². The largest absolute Gasteiger partial charge is 0.481 e. The molecule has 1 aromatic carbocycles. The Morgan fingerprint density at radius 2 is 1.79 bits per heavy atom. The molecule has 0 aromatic heterocycles. The van der Waals surface area contributed by atoms with E-state index in [1.807, 2.05) is 0 Å². The molecule has 1 unspecified atom stereocenters. The van der Waals surface area contributed by atoms with Gasteiger partial charge in [0.1, 0.15) is 11.1 Å². The van der Waals surface area contributed by atoms with Crippen molar-refractivity contribution in [3.63, 3.8) is 0 Å². The molecule has 2 aliphatic heterocycles. The minimum Gasteiger partial charge on any atom is -0.481 e. The molecule has 0 amide bonds. The first-order chi connectivity index (χ1) is 8.85. The fraction of sp³-hybridized carbons (Fsp3) is 0.529. The summed E-state index contributed by atoms with van der Waals surface area (Å²) in [7, 11) is -0.254. The molecular formula is C17H23OP. The number of allylic oxidation sites excluding steroid dienone is 1. The maximum atomic E-state index is 6.58. The van der Waals surface area contributed by atoms with Crippen LogP contribution < -0.4 is 10.0 Å². The molecule has 0 fully saturated rings. The highest BCUT2D eigenvalue weighted by Crippen LogP contribution is 2.68. The first kappa shape index (κ1) is 13.2. The third-order valence-corrected chi connectivity index (χ3v) is 8.21. The van der Waals surface area contributed by atoms with Crippen LogP contribution in [0.5, 0.6) is 5.75 Å². The molecule has 1 aromatic rings. The van der Waals surface area contributed by atoms with E-state index in [9.17, 15) is 0 Å². The van der Waals surface area contributed by atoms with E-state index in [-0.39, 0.29) is 18.7 Å². The van der Waals surface area contributed by atoms with E-state index in [0.717, 1.165) is 12.2 Å². The van der Waals surface area contributed by atoms with Crippen LogP contribution in [0.2, 0.25) is 0 Å². The highest BCUT2D eigenvalue weighted by Gasteiger charge is 2.56. The molecular weight excluding hydrogens is 251 g/mol. The number of para-hydroxylation sites is 1. The second-order valence-electron chi connectivity index (χ2n) is 6.93. The van der Waals surface area contributed by atoms with Crippen molar-refractivity contribution < 1.29 is 4.74 Å². The zero-order valence-electron chi connectivity index (χ0n) is 12.6. The van der Waals surface area contributed by atoms with Crippen LogP contribution in [0.1, 0.15) is 41.0 Å². The maximum Gasteiger partial charge on any atom is 0.140 e. The van der Waals surface area contributed by atoms with E-state index in [1.165, 1.54) is 17.0 Å². The molecule has 2 heterocycles. The number of hydrogen-bond acceptors (Lipinski definition) is 1. The van der Waals surface area contributed by atoms with Crippen LogP contribution in [0.15, 0.2) is 35.4 Å². The van der Waals surface area contributed by atoms with Gasteiger partial charge in [0.25, 0.3) is 0 Å². The lowest BCUT2D eigenvalue weighted by molar-refractivity contribution is 0.0531. The van der Waals surface area contributed by atoms with Crippen LogP contribution in [-0.4, -0.2) is 11.5 Å². The SMILES string of the molecule is CC1=C(C)C[C@]2(C(C)(C)C)Oc3ccccc3P2C1. The zero-order valence-corrected chi connectivity index (χ0v) is 13.5. The smallest absolute Gasteiger partial charge is 0.140 e. The topological polar surface area (TPSA) is 9.23 Å². The second-order valence-corrected chi connectivity index (χ2v) is 9.30. The van der Waals surface area contributed by atoms with Crippen LogP contribution in [0.4, 0.5) is 0 Å². The molecule has 0 radical (unpaired) electrons. The molecule has 0 spiro atoms. The minimum absolute atomic E-state index is 0.00435. The monoisotopic (exact) mass is 274 g/mol. The van der Waals surface area contributed by atoms with Gasteiger partial charge in [-0.2, -0.15) is 0 Å². The van der Waals surface area contributed by atoms with Gasteiger partial charge in [0, 0.05) is 17.1 Å². The van der Waals surface area contributed by atoms with E-state index in [2.05, 4.69) is 58.9 Å². The third kappa shape index (κ3) is 1.78. The average molecular weight is 274 g/mol. The molecule has 3 rings (SSSR count). The number of hydrogen-bond donors (Lipinski definition) is 0. The van der Waals surface area contributed by atoms with Gasteiger partial charge in [-0.3, -0.25) is 0 Å². The molecule has 0 saturated carbocycles. The Bertz CT molecular complexity index is 553. The summed E-state index contributed by atoms with van der Waals surface area (Å²) >= 11 is 0. The van der Waals surface area contributed by atoms with E-state index in [4.69, 9.17) is 4.74 Å². The summed E-state index contributed by atoms with van der Waals surface area (Å²) in [4.78, 5) is 0. The molecule has 2 atom stereocenters. The third-order valence-electron chi connectivity index (χ3n) is 4.67. The lowest BCUT2D eigenvalue weighted by Crippen LogP contribution is -2.47. The molecule has 2 heteroatoms. The van der Waals surface area contributed by atoms with Gasteiger partial charge in [0.15, 0.2) is 0 Å². The van der Waals surface area contributed by atoms with E-state index >= 15 is 0 Å². The van der Waals surface area contributed by atoms with Crippen LogP contribution in [0.25, 0.3) is 0 Å². The summed E-state index contributed by atoms with van der Waals surface area (Å²) in [5.74, 6) is 1.13. The van der Waals surface area contributed by atoms with E-state index in [0.29, 0.717) is 0 Å². The lowest BCUT2D eigenvalue weighted by atomic mass is 9.83. The predicted molar refractivity (Wildman–Crippen MR) is 83.7 cm³/mol. The average Bonchev–Trinajstić information content (AvgIpc) is 2.64. The molecule has 19 heavy (non-hydrogen) atoms. The Morgan fingerprint density at radius 1 is 1.11 bits per heavy atom. The van der Waals surface area contributed by atoms with Gasteiger partial charge in [-0.05, 0) is 34.0 Å². The van der Waals surface area contributed by atoms with Gasteiger partial charge in [0.2, 0.25) is 0 Å². The summed E-state index contributed by atoms with van der Waals surface area (Å²) in [6.07, 6.45) is 2.29.